The van der Waals surface area contributed by atoms with Gasteiger partial charge in [-0.25, -0.2) is 0 Å². The number of rotatable bonds is 0. The molecular formula is C8H13Cl3. The molecule has 0 atom stereocenters. The zero-order valence-electron chi connectivity index (χ0n) is 6.58. The first-order valence-corrected chi connectivity index (χ1v) is 3.54. The first-order valence-electron chi connectivity index (χ1n) is 2.79. The van der Waals surface area contributed by atoms with Gasteiger partial charge in [0.2, 0.25) is 0 Å². The summed E-state index contributed by atoms with van der Waals surface area (Å²) in [6.07, 6.45) is 1.47. The molecule has 0 aliphatic heterocycles. The highest BCUT2D eigenvalue weighted by atomic mass is 35.5. The van der Waals surface area contributed by atoms with Crippen LogP contribution < -0.4 is 0 Å². The first kappa shape index (κ1) is 17.3. The minimum atomic E-state index is 0. The van der Waals surface area contributed by atoms with Gasteiger partial charge >= 0.3 is 0 Å². The fourth-order valence-electron chi connectivity index (χ4n) is 0.534. The highest BCUT2D eigenvalue weighted by Crippen LogP contribution is 1.92. The lowest BCUT2D eigenvalue weighted by atomic mass is 10.2. The third-order valence-electron chi connectivity index (χ3n) is 0.940. The van der Waals surface area contributed by atoms with Gasteiger partial charge in [-0.2, -0.15) is 0 Å². The van der Waals surface area contributed by atoms with Crippen molar-refractivity contribution in [3.05, 3.63) is 35.9 Å². The second kappa shape index (κ2) is 12.7. The Hall–Kier alpha value is 0.0900. The van der Waals surface area contributed by atoms with Crippen LogP contribution >= 0.6 is 36.4 Å². The number of hydrogen-bond donors (Lipinski definition) is 0. The molecule has 0 unspecified atom stereocenters. The Morgan fingerprint density at radius 2 is 1.27 bits per heavy atom. The van der Waals surface area contributed by atoms with Crippen LogP contribution in [0.4, 0.5) is 0 Å². The van der Waals surface area contributed by atoms with Crippen LogP contribution in [0.5, 0.6) is 0 Å². The lowest BCUT2D eigenvalue weighted by Crippen LogP contribution is -1.62. The van der Waals surface area contributed by atoms with Crippen molar-refractivity contribution in [2.75, 3.05) is 6.38 Å². The number of aryl methyl sites for hydroxylation is 1. The Kier molecular flexibility index (Phi) is 20.0. The molecule has 0 aliphatic rings. The van der Waals surface area contributed by atoms with E-state index in [1.54, 1.807) is 0 Å². The molecule has 0 aliphatic carbocycles. The van der Waals surface area contributed by atoms with Crippen LogP contribution in [0, 0.1) is 6.92 Å². The molecule has 0 N–H and O–H groups in total. The van der Waals surface area contributed by atoms with Crippen molar-refractivity contribution in [2.24, 2.45) is 0 Å². The molecule has 0 radical (unpaired) electrons. The van der Waals surface area contributed by atoms with Crippen molar-refractivity contribution in [2.45, 2.75) is 6.92 Å². The molecule has 0 amide bonds. The summed E-state index contributed by atoms with van der Waals surface area (Å²) >= 11 is 4.64. The topological polar surface area (TPSA) is 0 Å². The normalized spacial score (nSPS) is 6.09. The first-order chi connectivity index (χ1) is 4.39. The third-order valence-corrected chi connectivity index (χ3v) is 0.940. The maximum absolute atomic E-state index is 4.64. The van der Waals surface area contributed by atoms with E-state index in [4.69, 9.17) is 0 Å². The number of benzene rings is 1. The molecule has 0 saturated carbocycles. The van der Waals surface area contributed by atoms with E-state index in [0.717, 1.165) is 0 Å². The van der Waals surface area contributed by atoms with Crippen LogP contribution in [-0.4, -0.2) is 6.38 Å². The standard InChI is InChI=1S/C7H8.CH3Cl.2ClH/c1-7-5-3-2-4-6-7;1-2;;/h2-6H,1H3;1H3;2*1H. The van der Waals surface area contributed by atoms with Gasteiger partial charge in [0.1, 0.15) is 0 Å². The van der Waals surface area contributed by atoms with Crippen LogP contribution in [-0.2, 0) is 0 Å². The van der Waals surface area contributed by atoms with Crippen molar-refractivity contribution < 1.29 is 0 Å². The molecule has 0 heterocycles. The smallest absolute Gasteiger partial charge is 0.0108 e. The zero-order chi connectivity index (χ0) is 7.11. The fraction of sp³-hybridized carbons (Fsp3) is 0.250. The summed E-state index contributed by atoms with van der Waals surface area (Å²) in [5.74, 6) is 0. The van der Waals surface area contributed by atoms with Gasteiger partial charge in [0.25, 0.3) is 0 Å². The highest BCUT2D eigenvalue weighted by molar-refractivity contribution is 6.15. The zero-order valence-corrected chi connectivity index (χ0v) is 8.97. The molecule has 66 valence electrons. The maximum atomic E-state index is 4.64. The Morgan fingerprint density at radius 3 is 1.45 bits per heavy atom. The number of halogens is 3. The molecule has 0 fully saturated rings. The van der Waals surface area contributed by atoms with E-state index in [0.29, 0.717) is 0 Å². The maximum Gasteiger partial charge on any atom is 0.0108 e. The lowest BCUT2D eigenvalue weighted by molar-refractivity contribution is 1.48. The SMILES string of the molecule is CCl.Cc1ccccc1.Cl.Cl. The van der Waals surface area contributed by atoms with E-state index in [1.165, 1.54) is 11.9 Å². The van der Waals surface area contributed by atoms with Gasteiger partial charge in [0.05, 0.1) is 0 Å². The van der Waals surface area contributed by atoms with Crippen LogP contribution in [0.1, 0.15) is 5.56 Å². The molecule has 11 heavy (non-hydrogen) atoms. The summed E-state index contributed by atoms with van der Waals surface area (Å²) in [6, 6.07) is 10.3. The quantitative estimate of drug-likeness (QED) is 0.579. The van der Waals surface area contributed by atoms with Crippen LogP contribution in [0.2, 0.25) is 0 Å². The van der Waals surface area contributed by atoms with Gasteiger partial charge in [-0.05, 0) is 6.92 Å². The predicted octanol–water partition coefficient (Wildman–Crippen LogP) is 3.69. The Bertz CT molecular complexity index is 139. The summed E-state index contributed by atoms with van der Waals surface area (Å²) in [6.45, 7) is 2.08. The van der Waals surface area contributed by atoms with E-state index in [-0.39, 0.29) is 24.8 Å². The average Bonchev–Trinajstić information content (AvgIpc) is 1.94. The van der Waals surface area contributed by atoms with Crippen molar-refractivity contribution in [3.8, 4) is 0 Å². The van der Waals surface area contributed by atoms with Crippen molar-refractivity contribution >= 4 is 36.4 Å². The Balaban J connectivity index is -0.000000149. The van der Waals surface area contributed by atoms with E-state index in [9.17, 15) is 0 Å². The molecule has 3 heteroatoms. The Labute approximate surface area is 85.8 Å². The monoisotopic (exact) mass is 214 g/mol. The van der Waals surface area contributed by atoms with E-state index >= 15 is 0 Å². The van der Waals surface area contributed by atoms with E-state index < -0.39 is 0 Å². The molecule has 0 bridgehead atoms. The highest BCUT2D eigenvalue weighted by Gasteiger charge is 1.72. The summed E-state index contributed by atoms with van der Waals surface area (Å²) in [4.78, 5) is 0. The molecule has 1 aromatic rings. The van der Waals surface area contributed by atoms with E-state index in [1.807, 2.05) is 18.2 Å². The molecule has 1 rings (SSSR count). The Morgan fingerprint density at radius 1 is 0.909 bits per heavy atom. The fourth-order valence-corrected chi connectivity index (χ4v) is 0.534. The van der Waals surface area contributed by atoms with Gasteiger partial charge < -0.3 is 0 Å². The molecule has 0 nitrogen and oxygen atoms in total. The van der Waals surface area contributed by atoms with Crippen molar-refractivity contribution in [1.82, 2.24) is 0 Å². The van der Waals surface area contributed by atoms with Crippen LogP contribution in [0.25, 0.3) is 0 Å². The average molecular weight is 216 g/mol. The summed E-state index contributed by atoms with van der Waals surface area (Å²) in [5, 5.41) is 0. The van der Waals surface area contributed by atoms with Crippen molar-refractivity contribution in [3.63, 3.8) is 0 Å². The summed E-state index contributed by atoms with van der Waals surface area (Å²) in [5.41, 5.74) is 1.32. The minimum Gasteiger partial charge on any atom is -0.147 e. The summed E-state index contributed by atoms with van der Waals surface area (Å²) in [7, 11) is 0. The van der Waals surface area contributed by atoms with Gasteiger partial charge in [-0.3, -0.25) is 0 Å². The summed E-state index contributed by atoms with van der Waals surface area (Å²) < 4.78 is 0. The van der Waals surface area contributed by atoms with Gasteiger partial charge in [0.15, 0.2) is 0 Å². The van der Waals surface area contributed by atoms with Gasteiger partial charge in [-0.15, -0.1) is 36.4 Å². The van der Waals surface area contributed by atoms with E-state index in [2.05, 4.69) is 30.7 Å². The predicted molar refractivity (Wildman–Crippen MR) is 57.5 cm³/mol. The number of alkyl halides is 1. The largest absolute Gasteiger partial charge is 0.147 e. The van der Waals surface area contributed by atoms with Crippen LogP contribution in [0.15, 0.2) is 30.3 Å². The molecule has 0 spiro atoms. The second-order valence-corrected chi connectivity index (χ2v) is 1.65. The second-order valence-electron chi connectivity index (χ2n) is 1.65. The molecule has 1 aromatic carbocycles. The van der Waals surface area contributed by atoms with Gasteiger partial charge in [-0.1, -0.05) is 35.9 Å². The van der Waals surface area contributed by atoms with Crippen molar-refractivity contribution in [1.29, 1.82) is 0 Å². The minimum absolute atomic E-state index is 0. The third kappa shape index (κ3) is 10.1. The number of hydrogen-bond acceptors (Lipinski definition) is 0. The van der Waals surface area contributed by atoms with Gasteiger partial charge in [0, 0.05) is 6.38 Å². The molecule has 0 saturated heterocycles. The van der Waals surface area contributed by atoms with Crippen LogP contribution in [0.3, 0.4) is 0 Å². The molecule has 0 aromatic heterocycles. The molecular weight excluding hydrogens is 202 g/mol. The lowest BCUT2D eigenvalue weighted by Gasteiger charge is -1.82.